The third-order valence-corrected chi connectivity index (χ3v) is 6.09. The Hall–Kier alpha value is -1.34. The van der Waals surface area contributed by atoms with Crippen LogP contribution in [0.4, 0.5) is 11.4 Å². The smallest absolute Gasteiger partial charge is 0.234 e. The first-order chi connectivity index (χ1) is 13.1. The van der Waals surface area contributed by atoms with Crippen LogP contribution >= 0.6 is 46.7 Å². The normalized spacial score (nSPS) is 10.4. The molecule has 4 nitrogen and oxygen atoms in total. The van der Waals surface area contributed by atoms with Crippen LogP contribution in [0.3, 0.4) is 0 Å². The van der Waals surface area contributed by atoms with Crippen LogP contribution < -0.4 is 10.6 Å². The molecule has 0 aliphatic rings. The fourth-order valence-corrected chi connectivity index (χ4v) is 4.14. The SMILES string of the molecule is O=C(CSCCCSCC(=O)Nc1ccccc1Cl)Nc1ccccc1Cl. The number of amides is 2. The summed E-state index contributed by atoms with van der Waals surface area (Å²) in [5, 5.41) is 6.65. The van der Waals surface area contributed by atoms with Crippen LogP contribution in [0.2, 0.25) is 10.0 Å². The molecular formula is C19H20Cl2N2O2S2. The number of carbonyl (C=O) groups is 2. The van der Waals surface area contributed by atoms with Crippen molar-refractivity contribution in [2.24, 2.45) is 0 Å². The maximum atomic E-state index is 11.9. The number of carbonyl (C=O) groups excluding carboxylic acids is 2. The van der Waals surface area contributed by atoms with E-state index in [1.54, 1.807) is 47.8 Å². The summed E-state index contributed by atoms with van der Waals surface area (Å²) in [5.74, 6) is 2.33. The summed E-state index contributed by atoms with van der Waals surface area (Å²) < 4.78 is 0. The van der Waals surface area contributed by atoms with Crippen molar-refractivity contribution in [1.82, 2.24) is 0 Å². The highest BCUT2D eigenvalue weighted by molar-refractivity contribution is 8.00. The van der Waals surface area contributed by atoms with Gasteiger partial charge in [0.2, 0.25) is 11.8 Å². The second-order valence-electron chi connectivity index (χ2n) is 5.51. The Morgan fingerprint density at radius 2 is 1.15 bits per heavy atom. The largest absolute Gasteiger partial charge is 0.324 e. The number of thioether (sulfide) groups is 2. The first-order valence-corrected chi connectivity index (χ1v) is 11.4. The van der Waals surface area contributed by atoms with Crippen LogP contribution in [0.5, 0.6) is 0 Å². The molecule has 0 atom stereocenters. The molecule has 0 saturated heterocycles. The molecule has 0 spiro atoms. The zero-order valence-corrected chi connectivity index (χ0v) is 17.7. The second-order valence-corrected chi connectivity index (χ2v) is 8.54. The molecule has 2 aromatic rings. The van der Waals surface area contributed by atoms with E-state index in [4.69, 9.17) is 23.2 Å². The van der Waals surface area contributed by atoms with E-state index in [2.05, 4.69) is 10.6 Å². The molecule has 2 amide bonds. The highest BCUT2D eigenvalue weighted by Gasteiger charge is 2.07. The van der Waals surface area contributed by atoms with Crippen LogP contribution in [0.15, 0.2) is 48.5 Å². The second kappa shape index (κ2) is 12.2. The molecule has 0 aliphatic carbocycles. The summed E-state index contributed by atoms with van der Waals surface area (Å²) in [6, 6.07) is 14.3. The van der Waals surface area contributed by atoms with E-state index in [9.17, 15) is 9.59 Å². The molecule has 144 valence electrons. The van der Waals surface area contributed by atoms with E-state index in [1.165, 1.54) is 0 Å². The van der Waals surface area contributed by atoms with E-state index in [-0.39, 0.29) is 11.8 Å². The predicted octanol–water partition coefficient (Wildman–Crippen LogP) is 5.43. The third-order valence-electron chi connectivity index (χ3n) is 3.34. The van der Waals surface area contributed by atoms with Crippen LogP contribution in [0.25, 0.3) is 0 Å². The van der Waals surface area contributed by atoms with Crippen molar-refractivity contribution in [2.45, 2.75) is 6.42 Å². The number of nitrogens with one attached hydrogen (secondary N) is 2. The Bertz CT molecular complexity index is 711. The van der Waals surface area contributed by atoms with Gasteiger partial charge in [-0.15, -0.1) is 0 Å². The first kappa shape index (κ1) is 22.0. The Balaban J connectivity index is 1.52. The van der Waals surface area contributed by atoms with E-state index in [0.717, 1.165) is 17.9 Å². The van der Waals surface area contributed by atoms with Gasteiger partial charge in [-0.3, -0.25) is 9.59 Å². The highest BCUT2D eigenvalue weighted by Crippen LogP contribution is 2.21. The maximum absolute atomic E-state index is 11.9. The van der Waals surface area contributed by atoms with Crippen molar-refractivity contribution in [2.75, 3.05) is 33.6 Å². The number of halogens is 2. The lowest BCUT2D eigenvalue weighted by atomic mass is 10.3. The van der Waals surface area contributed by atoms with Crippen LogP contribution in [0.1, 0.15) is 6.42 Å². The molecular weight excluding hydrogens is 423 g/mol. The fourth-order valence-electron chi connectivity index (χ4n) is 2.09. The minimum absolute atomic E-state index is 0.0696. The zero-order chi connectivity index (χ0) is 19.5. The van der Waals surface area contributed by atoms with Crippen molar-refractivity contribution < 1.29 is 9.59 Å². The molecule has 0 unspecified atom stereocenters. The zero-order valence-electron chi connectivity index (χ0n) is 14.5. The minimum Gasteiger partial charge on any atom is -0.324 e. The fraction of sp³-hybridized carbons (Fsp3) is 0.263. The van der Waals surface area contributed by atoms with Crippen molar-refractivity contribution in [3.05, 3.63) is 58.6 Å². The number of para-hydroxylation sites is 2. The summed E-state index contributed by atoms with van der Waals surface area (Å²) in [4.78, 5) is 23.8. The predicted molar refractivity (Wildman–Crippen MR) is 119 cm³/mol. The highest BCUT2D eigenvalue weighted by atomic mass is 35.5. The van der Waals surface area contributed by atoms with Crippen LogP contribution in [0, 0.1) is 0 Å². The van der Waals surface area contributed by atoms with Gasteiger partial charge in [-0.25, -0.2) is 0 Å². The van der Waals surface area contributed by atoms with Gasteiger partial charge in [-0.05, 0) is 42.2 Å². The van der Waals surface area contributed by atoms with Gasteiger partial charge in [0.05, 0.1) is 32.9 Å². The Kier molecular flexibility index (Phi) is 9.91. The minimum atomic E-state index is -0.0696. The molecule has 27 heavy (non-hydrogen) atoms. The van der Waals surface area contributed by atoms with Gasteiger partial charge in [0.1, 0.15) is 0 Å². The lowest BCUT2D eigenvalue weighted by molar-refractivity contribution is -0.114. The standard InChI is InChI=1S/C19H20Cl2N2O2S2/c20-14-6-1-3-8-16(14)22-18(24)12-26-10-5-11-27-13-19(25)23-17-9-4-2-7-15(17)21/h1-4,6-9H,5,10-13H2,(H,22,24)(H,23,25). The maximum Gasteiger partial charge on any atom is 0.234 e. The molecule has 2 rings (SSSR count). The van der Waals surface area contributed by atoms with Crippen molar-refractivity contribution >= 4 is 69.9 Å². The van der Waals surface area contributed by atoms with Gasteiger partial charge in [0.15, 0.2) is 0 Å². The lowest BCUT2D eigenvalue weighted by Crippen LogP contribution is -2.15. The average Bonchev–Trinajstić information content (AvgIpc) is 2.65. The van der Waals surface area contributed by atoms with E-state index < -0.39 is 0 Å². The van der Waals surface area contributed by atoms with Crippen molar-refractivity contribution in [3.63, 3.8) is 0 Å². The molecule has 0 radical (unpaired) electrons. The van der Waals surface area contributed by atoms with Gasteiger partial charge in [-0.2, -0.15) is 23.5 Å². The Labute approximate surface area is 177 Å². The summed E-state index contributed by atoms with van der Waals surface area (Å²) in [6.07, 6.45) is 0.925. The molecule has 0 heterocycles. The first-order valence-electron chi connectivity index (χ1n) is 8.30. The van der Waals surface area contributed by atoms with Gasteiger partial charge < -0.3 is 10.6 Å². The number of rotatable bonds is 10. The number of benzene rings is 2. The summed E-state index contributed by atoms with van der Waals surface area (Å²) in [6.45, 7) is 0. The molecule has 0 aromatic heterocycles. The van der Waals surface area contributed by atoms with E-state index in [0.29, 0.717) is 32.9 Å². The topological polar surface area (TPSA) is 58.2 Å². The number of hydrogen-bond donors (Lipinski definition) is 2. The van der Waals surface area contributed by atoms with Gasteiger partial charge in [0.25, 0.3) is 0 Å². The molecule has 2 N–H and O–H groups in total. The molecule has 0 aliphatic heterocycles. The third kappa shape index (κ3) is 8.47. The van der Waals surface area contributed by atoms with Gasteiger partial charge >= 0.3 is 0 Å². The molecule has 8 heteroatoms. The van der Waals surface area contributed by atoms with Crippen LogP contribution in [-0.4, -0.2) is 34.8 Å². The molecule has 0 saturated carbocycles. The van der Waals surface area contributed by atoms with E-state index >= 15 is 0 Å². The van der Waals surface area contributed by atoms with E-state index in [1.807, 2.05) is 24.3 Å². The monoisotopic (exact) mass is 442 g/mol. The summed E-state index contributed by atoms with van der Waals surface area (Å²) in [7, 11) is 0. The van der Waals surface area contributed by atoms with Crippen LogP contribution in [-0.2, 0) is 9.59 Å². The number of anilines is 2. The quantitative estimate of drug-likeness (QED) is 0.481. The molecule has 2 aromatic carbocycles. The van der Waals surface area contributed by atoms with Gasteiger partial charge in [0, 0.05) is 0 Å². The Morgan fingerprint density at radius 3 is 1.56 bits per heavy atom. The van der Waals surface area contributed by atoms with Crippen molar-refractivity contribution in [1.29, 1.82) is 0 Å². The summed E-state index contributed by atoms with van der Waals surface area (Å²) >= 11 is 15.1. The summed E-state index contributed by atoms with van der Waals surface area (Å²) in [5.41, 5.74) is 1.26. The van der Waals surface area contributed by atoms with Gasteiger partial charge in [-0.1, -0.05) is 47.5 Å². The number of hydrogen-bond acceptors (Lipinski definition) is 4. The average molecular weight is 443 g/mol. The Morgan fingerprint density at radius 1 is 0.741 bits per heavy atom. The van der Waals surface area contributed by atoms with Crippen molar-refractivity contribution in [3.8, 4) is 0 Å². The molecule has 0 bridgehead atoms. The lowest BCUT2D eigenvalue weighted by Gasteiger charge is -2.07. The molecule has 0 fully saturated rings.